The number of Topliss-reactive ketones (excluding diaryl/α,β-unsaturated/α-hetero) is 1. The Morgan fingerprint density at radius 1 is 1.11 bits per heavy atom. The van der Waals surface area contributed by atoms with E-state index >= 15 is 0 Å². The molecule has 5 nitrogen and oxygen atoms in total. The molecule has 1 aliphatic heterocycles. The molecule has 0 saturated carbocycles. The molecule has 0 aliphatic carbocycles. The van der Waals surface area contributed by atoms with Crippen LogP contribution in [0.1, 0.15) is 36.0 Å². The minimum atomic E-state index is -4.47. The Labute approximate surface area is 216 Å². The molecule has 36 heavy (non-hydrogen) atoms. The molecule has 1 aliphatic rings. The summed E-state index contributed by atoms with van der Waals surface area (Å²) < 4.78 is 73.0. The molecule has 0 amide bonds. The first-order valence-corrected chi connectivity index (χ1v) is 13.9. The molecule has 192 valence electrons. The van der Waals surface area contributed by atoms with Gasteiger partial charge < -0.3 is 4.74 Å². The lowest BCUT2D eigenvalue weighted by Crippen LogP contribution is -2.40. The Hall–Kier alpha value is -2.40. The lowest BCUT2D eigenvalue weighted by atomic mass is 10.0. The van der Waals surface area contributed by atoms with Gasteiger partial charge in [0.2, 0.25) is 0 Å². The average molecular weight is 558 g/mol. The van der Waals surface area contributed by atoms with Gasteiger partial charge in [0.05, 0.1) is 15.9 Å². The number of hydrogen-bond donors (Lipinski definition) is 0. The summed E-state index contributed by atoms with van der Waals surface area (Å²) >= 11 is 6.86. The van der Waals surface area contributed by atoms with Crippen molar-refractivity contribution in [2.45, 2.75) is 48.7 Å². The minimum absolute atomic E-state index is 0.0279. The van der Waals surface area contributed by atoms with Gasteiger partial charge in [-0.05, 0) is 55.2 Å². The number of alkyl halides is 3. The topological polar surface area (TPSA) is 63.7 Å². The number of rotatable bonds is 9. The van der Waals surface area contributed by atoms with E-state index in [1.54, 1.807) is 24.3 Å². The van der Waals surface area contributed by atoms with Gasteiger partial charge in [-0.15, -0.1) is 11.3 Å². The van der Waals surface area contributed by atoms with E-state index in [1.807, 2.05) is 0 Å². The number of carbonyl (C=O) groups is 1. The maximum atomic E-state index is 13.2. The quantitative estimate of drug-likeness (QED) is 0.307. The standard InChI is InChI=1S/C25H23ClF3NO4S2/c26-23-12-13-24(35-23)36(32,33)30-14-4-9-21(30)22(31)11-10-17-5-3-7-19(15-17)34-16-18-6-1-2-8-20(18)25(27,28)29/h1-3,5-8,12-13,15,21H,4,9-11,14,16H2/t21-/m0/s1. The lowest BCUT2D eigenvalue weighted by Gasteiger charge is -2.22. The van der Waals surface area contributed by atoms with Crippen LogP contribution in [0.2, 0.25) is 4.34 Å². The number of halogens is 4. The van der Waals surface area contributed by atoms with E-state index in [2.05, 4.69) is 0 Å². The zero-order valence-electron chi connectivity index (χ0n) is 19.0. The van der Waals surface area contributed by atoms with E-state index in [0.29, 0.717) is 29.3 Å². The first-order chi connectivity index (χ1) is 17.1. The molecule has 0 bridgehead atoms. The number of sulfonamides is 1. The maximum Gasteiger partial charge on any atom is 0.416 e. The summed E-state index contributed by atoms with van der Waals surface area (Å²) in [6.07, 6.45) is -2.94. The third-order valence-electron chi connectivity index (χ3n) is 5.96. The molecule has 2 heterocycles. The van der Waals surface area contributed by atoms with Crippen LogP contribution >= 0.6 is 22.9 Å². The van der Waals surface area contributed by atoms with Crippen LogP contribution in [0.25, 0.3) is 0 Å². The van der Waals surface area contributed by atoms with E-state index in [4.69, 9.17) is 16.3 Å². The summed E-state index contributed by atoms with van der Waals surface area (Å²) in [6, 6.07) is 14.3. The highest BCUT2D eigenvalue weighted by Gasteiger charge is 2.39. The van der Waals surface area contributed by atoms with Crippen LogP contribution in [-0.2, 0) is 34.0 Å². The Morgan fingerprint density at radius 3 is 2.61 bits per heavy atom. The van der Waals surface area contributed by atoms with Crippen LogP contribution in [0, 0.1) is 0 Å². The molecule has 1 aromatic heterocycles. The fourth-order valence-corrected chi connectivity index (χ4v) is 7.50. The zero-order valence-corrected chi connectivity index (χ0v) is 21.4. The number of nitrogens with zero attached hydrogens (tertiary/aromatic N) is 1. The van der Waals surface area contributed by atoms with Gasteiger partial charge in [-0.1, -0.05) is 41.9 Å². The monoisotopic (exact) mass is 557 g/mol. The third kappa shape index (κ3) is 6.11. The molecule has 0 radical (unpaired) electrons. The Kier molecular flexibility index (Phi) is 8.09. The van der Waals surface area contributed by atoms with E-state index in [1.165, 1.54) is 34.6 Å². The zero-order chi connectivity index (χ0) is 25.9. The van der Waals surface area contributed by atoms with E-state index < -0.39 is 27.8 Å². The summed E-state index contributed by atoms with van der Waals surface area (Å²) in [5.41, 5.74) is 0.0511. The van der Waals surface area contributed by atoms with Gasteiger partial charge in [0.1, 0.15) is 16.6 Å². The second-order valence-corrected chi connectivity index (χ2v) is 12.2. The number of benzene rings is 2. The van der Waals surface area contributed by atoms with Crippen LogP contribution in [0.3, 0.4) is 0 Å². The molecular weight excluding hydrogens is 535 g/mol. The normalized spacial score (nSPS) is 16.8. The first kappa shape index (κ1) is 26.7. The molecule has 0 spiro atoms. The molecule has 1 atom stereocenters. The molecule has 2 aromatic carbocycles. The van der Waals surface area contributed by atoms with Crippen LogP contribution in [0.15, 0.2) is 64.9 Å². The Bertz CT molecular complexity index is 1340. The number of hydrogen-bond acceptors (Lipinski definition) is 5. The molecule has 4 rings (SSSR count). The van der Waals surface area contributed by atoms with Crippen LogP contribution < -0.4 is 4.74 Å². The molecular formula is C25H23ClF3NO4S2. The summed E-state index contributed by atoms with van der Waals surface area (Å²) in [5.74, 6) is 0.209. The lowest BCUT2D eigenvalue weighted by molar-refractivity contribution is -0.138. The molecule has 0 unspecified atom stereocenters. The summed E-state index contributed by atoms with van der Waals surface area (Å²) in [7, 11) is -3.80. The molecule has 11 heteroatoms. The van der Waals surface area contributed by atoms with Crippen molar-refractivity contribution in [3.05, 3.63) is 81.7 Å². The highest BCUT2D eigenvalue weighted by molar-refractivity contribution is 7.91. The van der Waals surface area contributed by atoms with Crippen molar-refractivity contribution in [2.75, 3.05) is 6.54 Å². The first-order valence-electron chi connectivity index (χ1n) is 11.2. The fourth-order valence-electron chi connectivity index (χ4n) is 4.21. The van der Waals surface area contributed by atoms with Crippen molar-refractivity contribution in [1.29, 1.82) is 0 Å². The van der Waals surface area contributed by atoms with Crippen molar-refractivity contribution in [3.8, 4) is 5.75 Å². The number of ether oxygens (including phenoxy) is 1. The number of thiophene rings is 1. The summed E-state index contributed by atoms with van der Waals surface area (Å²) in [4.78, 5) is 13.0. The van der Waals surface area contributed by atoms with E-state index in [9.17, 15) is 26.4 Å². The second-order valence-electron chi connectivity index (χ2n) is 8.39. The van der Waals surface area contributed by atoms with Crippen molar-refractivity contribution in [1.82, 2.24) is 4.31 Å². The molecule has 1 fully saturated rings. The Morgan fingerprint density at radius 2 is 1.89 bits per heavy atom. The SMILES string of the molecule is O=C(CCc1cccc(OCc2ccccc2C(F)(F)F)c1)[C@@H]1CCCN1S(=O)(=O)c1ccc(Cl)s1. The van der Waals surface area contributed by atoms with Gasteiger partial charge in [0.15, 0.2) is 5.78 Å². The molecule has 0 N–H and O–H groups in total. The predicted molar refractivity (Wildman–Crippen MR) is 132 cm³/mol. The average Bonchev–Trinajstić information content (AvgIpc) is 3.51. The van der Waals surface area contributed by atoms with Crippen molar-refractivity contribution < 1.29 is 31.1 Å². The Balaban J connectivity index is 1.38. The van der Waals surface area contributed by atoms with E-state index in [0.717, 1.165) is 23.0 Å². The summed E-state index contributed by atoms with van der Waals surface area (Å²) in [5, 5.41) is 0. The van der Waals surface area contributed by atoms with Gasteiger partial charge in [-0.3, -0.25) is 4.79 Å². The van der Waals surface area contributed by atoms with Gasteiger partial charge >= 0.3 is 6.18 Å². The van der Waals surface area contributed by atoms with Crippen LogP contribution in [-0.4, -0.2) is 31.1 Å². The van der Waals surface area contributed by atoms with Gasteiger partial charge in [0.25, 0.3) is 10.0 Å². The number of aryl methyl sites for hydroxylation is 1. The predicted octanol–water partition coefficient (Wildman–Crippen LogP) is 6.35. The second kappa shape index (κ2) is 10.9. The van der Waals surface area contributed by atoms with Gasteiger partial charge in [0, 0.05) is 18.5 Å². The highest BCUT2D eigenvalue weighted by Crippen LogP contribution is 2.34. The third-order valence-corrected chi connectivity index (χ3v) is 9.57. The fraction of sp³-hybridized carbons (Fsp3) is 0.320. The maximum absolute atomic E-state index is 13.2. The van der Waals surface area contributed by atoms with Gasteiger partial charge in [-0.25, -0.2) is 8.42 Å². The number of ketones is 1. The van der Waals surface area contributed by atoms with Gasteiger partial charge in [-0.2, -0.15) is 17.5 Å². The van der Waals surface area contributed by atoms with Crippen LogP contribution in [0.4, 0.5) is 13.2 Å². The van der Waals surface area contributed by atoms with Crippen LogP contribution in [0.5, 0.6) is 5.75 Å². The summed E-state index contributed by atoms with van der Waals surface area (Å²) in [6.45, 7) is 0.0245. The largest absolute Gasteiger partial charge is 0.489 e. The van der Waals surface area contributed by atoms with Crippen molar-refractivity contribution in [2.24, 2.45) is 0 Å². The van der Waals surface area contributed by atoms with E-state index in [-0.39, 0.29) is 35.1 Å². The smallest absolute Gasteiger partial charge is 0.416 e. The molecule has 1 saturated heterocycles. The highest BCUT2D eigenvalue weighted by atomic mass is 35.5. The van der Waals surface area contributed by atoms with Crippen molar-refractivity contribution >= 4 is 38.7 Å². The van der Waals surface area contributed by atoms with Crippen molar-refractivity contribution in [3.63, 3.8) is 0 Å². The number of carbonyl (C=O) groups excluding carboxylic acids is 1. The minimum Gasteiger partial charge on any atom is -0.489 e. The molecule has 3 aromatic rings.